The Bertz CT molecular complexity index is 439. The summed E-state index contributed by atoms with van der Waals surface area (Å²) in [6.07, 6.45) is 11.3. The molecule has 0 heteroatoms. The lowest BCUT2D eigenvalue weighted by Gasteiger charge is -2.20. The summed E-state index contributed by atoms with van der Waals surface area (Å²) in [6.45, 7) is 15.0. The molecule has 18 heavy (non-hydrogen) atoms. The summed E-state index contributed by atoms with van der Waals surface area (Å²) in [5, 5.41) is 0. The minimum Gasteiger partial charge on any atom is -0.0958 e. The molecular formula is C18H26. The zero-order chi connectivity index (χ0) is 13.7. The van der Waals surface area contributed by atoms with Crippen molar-refractivity contribution >= 4 is 0 Å². The number of allylic oxidation sites excluding steroid dienone is 9. The van der Waals surface area contributed by atoms with Gasteiger partial charge in [0, 0.05) is 0 Å². The largest absolute Gasteiger partial charge is 0.0958 e. The number of hydrogen-bond acceptors (Lipinski definition) is 0. The molecule has 0 nitrogen and oxygen atoms in total. The maximum absolute atomic E-state index is 4.07. The molecule has 1 rings (SSSR count). The lowest BCUT2D eigenvalue weighted by molar-refractivity contribution is 0.706. The highest BCUT2D eigenvalue weighted by Crippen LogP contribution is 2.30. The van der Waals surface area contributed by atoms with Gasteiger partial charge in [-0.2, -0.15) is 0 Å². The van der Waals surface area contributed by atoms with Crippen molar-refractivity contribution in [3.05, 3.63) is 58.7 Å². The Balaban J connectivity index is 3.13. The van der Waals surface area contributed by atoms with Crippen molar-refractivity contribution < 1.29 is 0 Å². The van der Waals surface area contributed by atoms with E-state index in [-0.39, 0.29) is 0 Å². The molecule has 0 N–H and O–H groups in total. The van der Waals surface area contributed by atoms with Crippen LogP contribution in [-0.4, -0.2) is 0 Å². The van der Waals surface area contributed by atoms with Crippen LogP contribution in [0.2, 0.25) is 0 Å². The second kappa shape index (κ2) is 6.58. The number of hydrogen-bond donors (Lipinski definition) is 0. The van der Waals surface area contributed by atoms with Crippen molar-refractivity contribution in [3.8, 4) is 0 Å². The van der Waals surface area contributed by atoms with Crippen LogP contribution in [0.15, 0.2) is 58.7 Å². The highest BCUT2D eigenvalue weighted by Gasteiger charge is 2.13. The minimum absolute atomic E-state index is 0.641. The molecule has 0 aromatic heterocycles. The fraction of sp³-hybridized carbons (Fsp3) is 0.444. The van der Waals surface area contributed by atoms with Crippen molar-refractivity contribution in [2.75, 3.05) is 0 Å². The van der Waals surface area contributed by atoms with Crippen LogP contribution in [0.5, 0.6) is 0 Å². The summed E-state index contributed by atoms with van der Waals surface area (Å²) < 4.78 is 0. The summed E-state index contributed by atoms with van der Waals surface area (Å²) in [4.78, 5) is 0. The molecule has 0 aromatic rings. The SMILES string of the molecule is C=C(C)/C(=C/C(=C/C)C1=C(C)C=C[C@@H](C)C1)CC. The van der Waals surface area contributed by atoms with Crippen LogP contribution >= 0.6 is 0 Å². The van der Waals surface area contributed by atoms with Crippen LogP contribution in [0.25, 0.3) is 0 Å². The van der Waals surface area contributed by atoms with Gasteiger partial charge in [-0.15, -0.1) is 0 Å². The van der Waals surface area contributed by atoms with Gasteiger partial charge in [0.05, 0.1) is 0 Å². The van der Waals surface area contributed by atoms with Crippen LogP contribution in [0, 0.1) is 5.92 Å². The maximum atomic E-state index is 4.07. The Morgan fingerprint density at radius 3 is 2.67 bits per heavy atom. The number of rotatable bonds is 4. The molecule has 0 saturated carbocycles. The molecule has 0 saturated heterocycles. The van der Waals surface area contributed by atoms with E-state index in [2.05, 4.69) is 65.5 Å². The molecule has 1 atom stereocenters. The van der Waals surface area contributed by atoms with Crippen LogP contribution in [0.4, 0.5) is 0 Å². The van der Waals surface area contributed by atoms with Crippen LogP contribution in [0.3, 0.4) is 0 Å². The predicted octanol–water partition coefficient (Wildman–Crippen LogP) is 5.76. The topological polar surface area (TPSA) is 0 Å². The molecule has 0 radical (unpaired) electrons. The van der Waals surface area contributed by atoms with Gasteiger partial charge in [-0.05, 0) is 61.8 Å². The normalized spacial score (nSPS) is 21.5. The summed E-state index contributed by atoms with van der Waals surface area (Å²) in [7, 11) is 0. The third-order valence-corrected chi connectivity index (χ3v) is 3.60. The third kappa shape index (κ3) is 3.60. The van der Waals surface area contributed by atoms with Crippen LogP contribution in [0.1, 0.15) is 47.5 Å². The van der Waals surface area contributed by atoms with E-state index < -0.39 is 0 Å². The van der Waals surface area contributed by atoms with Crippen molar-refractivity contribution in [1.29, 1.82) is 0 Å². The van der Waals surface area contributed by atoms with Gasteiger partial charge >= 0.3 is 0 Å². The van der Waals surface area contributed by atoms with Crippen LogP contribution < -0.4 is 0 Å². The van der Waals surface area contributed by atoms with Gasteiger partial charge in [-0.1, -0.05) is 50.3 Å². The van der Waals surface area contributed by atoms with E-state index in [0.717, 1.165) is 12.8 Å². The molecule has 0 unspecified atom stereocenters. The Morgan fingerprint density at radius 2 is 2.17 bits per heavy atom. The summed E-state index contributed by atoms with van der Waals surface area (Å²) >= 11 is 0. The first-order valence-corrected chi connectivity index (χ1v) is 6.90. The maximum Gasteiger partial charge on any atom is -0.0210 e. The van der Waals surface area contributed by atoms with Crippen molar-refractivity contribution in [2.45, 2.75) is 47.5 Å². The highest BCUT2D eigenvalue weighted by molar-refractivity contribution is 5.50. The zero-order valence-electron chi connectivity index (χ0n) is 12.5. The van der Waals surface area contributed by atoms with Gasteiger partial charge < -0.3 is 0 Å². The molecule has 0 aliphatic heterocycles. The quantitative estimate of drug-likeness (QED) is 0.550. The highest BCUT2D eigenvalue weighted by atomic mass is 14.2. The average Bonchev–Trinajstić information content (AvgIpc) is 2.34. The molecule has 0 fully saturated rings. The summed E-state index contributed by atoms with van der Waals surface area (Å²) in [5.74, 6) is 0.641. The molecule has 0 bridgehead atoms. The van der Waals surface area contributed by atoms with Crippen molar-refractivity contribution in [1.82, 2.24) is 0 Å². The van der Waals surface area contributed by atoms with Gasteiger partial charge in [0.1, 0.15) is 0 Å². The lowest BCUT2D eigenvalue weighted by atomic mass is 9.85. The smallest absolute Gasteiger partial charge is 0.0210 e. The molecule has 0 spiro atoms. The first kappa shape index (κ1) is 14.8. The fourth-order valence-electron chi connectivity index (χ4n) is 2.37. The summed E-state index contributed by atoms with van der Waals surface area (Å²) in [5.41, 5.74) is 6.78. The van der Waals surface area contributed by atoms with E-state index in [1.165, 1.54) is 27.9 Å². The first-order valence-electron chi connectivity index (χ1n) is 6.90. The van der Waals surface area contributed by atoms with Crippen molar-refractivity contribution in [2.24, 2.45) is 5.92 Å². The first-order chi connectivity index (χ1) is 8.49. The second-order valence-corrected chi connectivity index (χ2v) is 5.25. The molecule has 1 aliphatic rings. The van der Waals surface area contributed by atoms with E-state index in [4.69, 9.17) is 0 Å². The standard InChI is InChI=1S/C18H26/c1-7-16(13(3)4)12-17(8-2)18-11-14(5)9-10-15(18)6/h8-10,12,14H,3,7,11H2,1-2,4-6H3/b16-12+,17-8-/t14-/m1/s1. The van der Waals surface area contributed by atoms with Gasteiger partial charge in [-0.3, -0.25) is 0 Å². The van der Waals surface area contributed by atoms with Gasteiger partial charge in [0.25, 0.3) is 0 Å². The molecule has 0 aromatic carbocycles. The van der Waals surface area contributed by atoms with Gasteiger partial charge in [0.2, 0.25) is 0 Å². The Hall–Kier alpha value is -1.30. The molecule has 98 valence electrons. The fourth-order valence-corrected chi connectivity index (χ4v) is 2.37. The Morgan fingerprint density at radius 1 is 1.50 bits per heavy atom. The third-order valence-electron chi connectivity index (χ3n) is 3.60. The van der Waals surface area contributed by atoms with E-state index in [9.17, 15) is 0 Å². The molecule has 0 amide bonds. The summed E-state index contributed by atoms with van der Waals surface area (Å²) in [6, 6.07) is 0. The van der Waals surface area contributed by atoms with Crippen molar-refractivity contribution in [3.63, 3.8) is 0 Å². The zero-order valence-corrected chi connectivity index (χ0v) is 12.5. The van der Waals surface area contributed by atoms with E-state index in [0.29, 0.717) is 5.92 Å². The lowest BCUT2D eigenvalue weighted by Crippen LogP contribution is -2.03. The van der Waals surface area contributed by atoms with Crippen LogP contribution in [-0.2, 0) is 0 Å². The van der Waals surface area contributed by atoms with E-state index in [1.807, 2.05) is 0 Å². The Labute approximate surface area is 112 Å². The van der Waals surface area contributed by atoms with Gasteiger partial charge in [0.15, 0.2) is 0 Å². The van der Waals surface area contributed by atoms with Gasteiger partial charge in [-0.25, -0.2) is 0 Å². The predicted molar refractivity (Wildman–Crippen MR) is 82.6 cm³/mol. The monoisotopic (exact) mass is 242 g/mol. The van der Waals surface area contributed by atoms with E-state index >= 15 is 0 Å². The molecular weight excluding hydrogens is 216 g/mol. The average molecular weight is 242 g/mol. The second-order valence-electron chi connectivity index (χ2n) is 5.25. The molecule has 1 aliphatic carbocycles. The molecule has 0 heterocycles. The Kier molecular flexibility index (Phi) is 5.40. The minimum atomic E-state index is 0.641. The van der Waals surface area contributed by atoms with E-state index in [1.54, 1.807) is 0 Å².